The second-order valence-corrected chi connectivity index (χ2v) is 5.19. The van der Waals surface area contributed by atoms with E-state index in [9.17, 15) is 14.9 Å². The summed E-state index contributed by atoms with van der Waals surface area (Å²) < 4.78 is 0.546. The zero-order chi connectivity index (χ0) is 16.1. The Labute approximate surface area is 134 Å². The molecular formula is C15H11BrN2O4. The number of aromatic hydroxyl groups is 1. The zero-order valence-electron chi connectivity index (χ0n) is 11.2. The predicted molar refractivity (Wildman–Crippen MR) is 86.6 cm³/mol. The minimum Gasteiger partial charge on any atom is -0.508 e. The minimum atomic E-state index is -0.533. The highest BCUT2D eigenvalue weighted by Crippen LogP contribution is 2.27. The molecule has 0 aliphatic heterocycles. The number of nitro groups is 1. The first-order chi connectivity index (χ1) is 10.5. The molecule has 0 aliphatic rings. The number of carbonyl (C=O) groups excluding carboxylic acids is 1. The molecule has 0 heterocycles. The Morgan fingerprint density at radius 3 is 2.55 bits per heavy atom. The van der Waals surface area contributed by atoms with Crippen LogP contribution in [0.2, 0.25) is 0 Å². The number of halogens is 1. The molecule has 0 fully saturated rings. The molecule has 0 saturated heterocycles. The van der Waals surface area contributed by atoms with Gasteiger partial charge in [-0.2, -0.15) is 0 Å². The Morgan fingerprint density at radius 2 is 1.91 bits per heavy atom. The van der Waals surface area contributed by atoms with Gasteiger partial charge in [0, 0.05) is 22.7 Å². The van der Waals surface area contributed by atoms with Crippen LogP contribution in [0.1, 0.15) is 5.56 Å². The van der Waals surface area contributed by atoms with Crippen molar-refractivity contribution in [1.29, 1.82) is 0 Å². The van der Waals surface area contributed by atoms with E-state index >= 15 is 0 Å². The van der Waals surface area contributed by atoms with Gasteiger partial charge in [-0.15, -0.1) is 0 Å². The molecule has 0 atom stereocenters. The van der Waals surface area contributed by atoms with E-state index in [0.29, 0.717) is 10.2 Å². The number of hydrogen-bond donors (Lipinski definition) is 2. The van der Waals surface area contributed by atoms with Gasteiger partial charge in [0.2, 0.25) is 5.91 Å². The number of benzene rings is 2. The number of hydrogen-bond acceptors (Lipinski definition) is 4. The maximum Gasteiger partial charge on any atom is 0.271 e. The first kappa shape index (κ1) is 15.7. The van der Waals surface area contributed by atoms with Gasteiger partial charge in [-0.1, -0.05) is 12.1 Å². The van der Waals surface area contributed by atoms with Crippen LogP contribution in [0.4, 0.5) is 11.4 Å². The number of non-ortho nitro benzene ring substituents is 1. The van der Waals surface area contributed by atoms with E-state index in [1.165, 1.54) is 36.4 Å². The molecule has 1 amide bonds. The summed E-state index contributed by atoms with van der Waals surface area (Å²) in [6.07, 6.45) is 2.87. The summed E-state index contributed by atoms with van der Waals surface area (Å²) in [6, 6.07) is 10.4. The lowest BCUT2D eigenvalue weighted by molar-refractivity contribution is -0.384. The molecule has 0 spiro atoms. The Morgan fingerprint density at radius 1 is 1.23 bits per heavy atom. The van der Waals surface area contributed by atoms with E-state index < -0.39 is 10.8 Å². The number of phenols is 1. The third-order valence-electron chi connectivity index (χ3n) is 2.74. The Bertz CT molecular complexity index is 742. The molecule has 0 aromatic heterocycles. The van der Waals surface area contributed by atoms with Crippen LogP contribution in [0.15, 0.2) is 53.0 Å². The van der Waals surface area contributed by atoms with Crippen LogP contribution in [0.25, 0.3) is 6.08 Å². The van der Waals surface area contributed by atoms with E-state index in [4.69, 9.17) is 5.11 Å². The fraction of sp³-hybridized carbons (Fsp3) is 0. The molecule has 6 nitrogen and oxygen atoms in total. The number of nitrogens with one attached hydrogen (secondary N) is 1. The van der Waals surface area contributed by atoms with E-state index in [1.807, 2.05) is 0 Å². The largest absolute Gasteiger partial charge is 0.508 e. The fourth-order valence-electron chi connectivity index (χ4n) is 1.65. The van der Waals surface area contributed by atoms with Gasteiger partial charge in [0.1, 0.15) is 5.75 Å². The summed E-state index contributed by atoms with van der Waals surface area (Å²) in [6.45, 7) is 0. The average Bonchev–Trinajstić information content (AvgIpc) is 2.48. The van der Waals surface area contributed by atoms with E-state index in [1.54, 1.807) is 18.2 Å². The molecule has 112 valence electrons. The summed E-state index contributed by atoms with van der Waals surface area (Å²) in [7, 11) is 0. The second-order valence-electron chi connectivity index (χ2n) is 4.34. The van der Waals surface area contributed by atoms with Crippen LogP contribution >= 0.6 is 15.9 Å². The maximum absolute atomic E-state index is 11.8. The molecular weight excluding hydrogens is 352 g/mol. The third-order valence-corrected chi connectivity index (χ3v) is 3.43. The van der Waals surface area contributed by atoms with Crippen molar-refractivity contribution in [2.24, 2.45) is 0 Å². The quantitative estimate of drug-likeness (QED) is 0.492. The van der Waals surface area contributed by atoms with Crippen LogP contribution in [0.5, 0.6) is 5.75 Å². The van der Waals surface area contributed by atoms with Gasteiger partial charge in [0.25, 0.3) is 5.69 Å². The lowest BCUT2D eigenvalue weighted by Crippen LogP contribution is -2.08. The van der Waals surface area contributed by atoms with Crippen molar-refractivity contribution in [1.82, 2.24) is 0 Å². The SMILES string of the molecule is O=C(/C=C/c1ccc(O)cc1)Nc1cc([N+](=O)[O-])ccc1Br. The first-order valence-corrected chi connectivity index (χ1v) is 6.97. The van der Waals surface area contributed by atoms with Gasteiger partial charge in [-0.05, 0) is 45.8 Å². The number of rotatable bonds is 4. The van der Waals surface area contributed by atoms with Crippen LogP contribution in [0.3, 0.4) is 0 Å². The summed E-state index contributed by atoms with van der Waals surface area (Å²) in [4.78, 5) is 22.0. The van der Waals surface area contributed by atoms with Crippen LogP contribution in [0, 0.1) is 10.1 Å². The van der Waals surface area contributed by atoms with Crippen molar-refractivity contribution in [3.63, 3.8) is 0 Å². The van der Waals surface area contributed by atoms with Crippen molar-refractivity contribution in [3.05, 3.63) is 68.7 Å². The number of nitrogens with zero attached hydrogens (tertiary/aromatic N) is 1. The van der Waals surface area contributed by atoms with Crippen LogP contribution in [-0.4, -0.2) is 15.9 Å². The van der Waals surface area contributed by atoms with Crippen molar-refractivity contribution >= 4 is 39.3 Å². The monoisotopic (exact) mass is 362 g/mol. The average molecular weight is 363 g/mol. The second kappa shape index (κ2) is 6.86. The number of phenolic OH excluding ortho intramolecular Hbond substituents is 1. The summed E-state index contributed by atoms with van der Waals surface area (Å²) in [5.74, 6) is -0.281. The first-order valence-electron chi connectivity index (χ1n) is 6.18. The van der Waals surface area contributed by atoms with Gasteiger partial charge in [0.05, 0.1) is 10.6 Å². The standard InChI is InChI=1S/C15H11BrN2O4/c16-13-7-4-11(18(21)22)9-14(13)17-15(20)8-3-10-1-5-12(19)6-2-10/h1-9,19H,(H,17,20)/b8-3+. The highest BCUT2D eigenvalue weighted by Gasteiger charge is 2.10. The molecule has 2 N–H and O–H groups in total. The van der Waals surface area contributed by atoms with Gasteiger partial charge in [-0.3, -0.25) is 14.9 Å². The predicted octanol–water partition coefficient (Wildman–Crippen LogP) is 3.71. The topological polar surface area (TPSA) is 92.5 Å². The van der Waals surface area contributed by atoms with E-state index in [-0.39, 0.29) is 11.4 Å². The third kappa shape index (κ3) is 4.16. The number of anilines is 1. The number of carbonyl (C=O) groups is 1. The molecule has 22 heavy (non-hydrogen) atoms. The normalized spacial score (nSPS) is 10.6. The lowest BCUT2D eigenvalue weighted by Gasteiger charge is -2.04. The molecule has 0 saturated carbocycles. The molecule has 2 rings (SSSR count). The Hall–Kier alpha value is -2.67. The molecule has 7 heteroatoms. The maximum atomic E-state index is 11.8. The minimum absolute atomic E-state index is 0.110. The molecule has 0 bridgehead atoms. The Kier molecular flexibility index (Phi) is 4.90. The van der Waals surface area contributed by atoms with Gasteiger partial charge in [0.15, 0.2) is 0 Å². The molecule has 0 aliphatic carbocycles. The van der Waals surface area contributed by atoms with Gasteiger partial charge >= 0.3 is 0 Å². The highest BCUT2D eigenvalue weighted by molar-refractivity contribution is 9.10. The van der Waals surface area contributed by atoms with E-state index in [0.717, 1.165) is 5.56 Å². The van der Waals surface area contributed by atoms with Crippen LogP contribution < -0.4 is 5.32 Å². The summed E-state index contributed by atoms with van der Waals surface area (Å²) in [5.41, 5.74) is 0.946. The van der Waals surface area contributed by atoms with Gasteiger partial charge < -0.3 is 10.4 Å². The summed E-state index contributed by atoms with van der Waals surface area (Å²) >= 11 is 3.22. The smallest absolute Gasteiger partial charge is 0.271 e. The van der Waals surface area contributed by atoms with E-state index in [2.05, 4.69) is 21.2 Å². The Balaban J connectivity index is 2.10. The number of nitro benzene ring substituents is 1. The fourth-order valence-corrected chi connectivity index (χ4v) is 2.00. The highest BCUT2D eigenvalue weighted by atomic mass is 79.9. The van der Waals surface area contributed by atoms with Crippen molar-refractivity contribution < 1.29 is 14.8 Å². The molecule has 0 unspecified atom stereocenters. The van der Waals surface area contributed by atoms with Crippen molar-refractivity contribution in [2.75, 3.05) is 5.32 Å². The molecule has 2 aromatic carbocycles. The lowest BCUT2D eigenvalue weighted by atomic mass is 10.2. The van der Waals surface area contributed by atoms with Crippen LogP contribution in [-0.2, 0) is 4.79 Å². The zero-order valence-corrected chi connectivity index (χ0v) is 12.8. The van der Waals surface area contributed by atoms with Gasteiger partial charge in [-0.25, -0.2) is 0 Å². The molecule has 2 aromatic rings. The number of amides is 1. The summed E-state index contributed by atoms with van der Waals surface area (Å²) in [5, 5.41) is 22.5. The van der Waals surface area contributed by atoms with Crippen molar-refractivity contribution in [2.45, 2.75) is 0 Å². The molecule has 0 radical (unpaired) electrons. The van der Waals surface area contributed by atoms with Crippen molar-refractivity contribution in [3.8, 4) is 5.75 Å².